The average molecular weight is 400 g/mol. The Morgan fingerprint density at radius 3 is 2.62 bits per heavy atom. The van der Waals surface area contributed by atoms with Crippen LogP contribution in [0.3, 0.4) is 0 Å². The number of hydrazine groups is 1. The zero-order valence-electron chi connectivity index (χ0n) is 15.4. The second-order valence-electron chi connectivity index (χ2n) is 5.91. The molecule has 0 atom stereocenters. The SMILES string of the molecule is COCCNc1ccc(-c2cc(-c3cc(F)ccc3F)nc(C(=O)NN)n2)cn1. The Hall–Kier alpha value is -3.50. The number of nitrogens with two attached hydrogens (primary N) is 1. The quantitative estimate of drug-likeness (QED) is 0.241. The van der Waals surface area contributed by atoms with E-state index in [0.717, 1.165) is 18.2 Å². The van der Waals surface area contributed by atoms with Gasteiger partial charge in [-0.25, -0.2) is 29.6 Å². The monoisotopic (exact) mass is 400 g/mol. The van der Waals surface area contributed by atoms with Gasteiger partial charge in [0.15, 0.2) is 0 Å². The van der Waals surface area contributed by atoms with Gasteiger partial charge in [0.25, 0.3) is 0 Å². The highest BCUT2D eigenvalue weighted by atomic mass is 19.1. The summed E-state index contributed by atoms with van der Waals surface area (Å²) in [5.74, 6) is 3.41. The molecule has 2 aromatic heterocycles. The molecule has 1 aromatic carbocycles. The number of methoxy groups -OCH3 is 1. The molecular weight excluding hydrogens is 382 g/mol. The first-order valence-corrected chi connectivity index (χ1v) is 8.56. The van der Waals surface area contributed by atoms with Crippen molar-refractivity contribution in [2.45, 2.75) is 0 Å². The molecule has 3 rings (SSSR count). The minimum atomic E-state index is -0.768. The predicted octanol–water partition coefficient (Wildman–Crippen LogP) is 2.15. The van der Waals surface area contributed by atoms with Crippen LogP contribution in [-0.2, 0) is 4.74 Å². The van der Waals surface area contributed by atoms with Gasteiger partial charge in [-0.15, -0.1) is 0 Å². The molecule has 4 N–H and O–H groups in total. The number of rotatable bonds is 7. The average Bonchev–Trinajstić information content (AvgIpc) is 2.75. The number of carbonyl (C=O) groups is 1. The predicted molar refractivity (Wildman–Crippen MR) is 103 cm³/mol. The molecule has 0 radical (unpaired) electrons. The van der Waals surface area contributed by atoms with Crippen LogP contribution in [-0.4, -0.2) is 41.1 Å². The van der Waals surface area contributed by atoms with E-state index in [1.165, 1.54) is 12.3 Å². The first-order valence-electron chi connectivity index (χ1n) is 8.56. The fraction of sp³-hybridized carbons (Fsp3) is 0.158. The Balaban J connectivity index is 2.02. The van der Waals surface area contributed by atoms with E-state index in [1.54, 1.807) is 19.2 Å². The first kappa shape index (κ1) is 20.2. The van der Waals surface area contributed by atoms with Gasteiger partial charge in [0.1, 0.15) is 17.5 Å². The van der Waals surface area contributed by atoms with E-state index in [0.29, 0.717) is 30.2 Å². The van der Waals surface area contributed by atoms with Gasteiger partial charge in [0.2, 0.25) is 5.82 Å². The van der Waals surface area contributed by atoms with E-state index in [-0.39, 0.29) is 17.1 Å². The zero-order valence-corrected chi connectivity index (χ0v) is 15.4. The largest absolute Gasteiger partial charge is 0.383 e. The third-order valence-electron chi connectivity index (χ3n) is 3.94. The summed E-state index contributed by atoms with van der Waals surface area (Å²) < 4.78 is 32.8. The van der Waals surface area contributed by atoms with Gasteiger partial charge in [0.05, 0.1) is 18.0 Å². The zero-order chi connectivity index (χ0) is 20.8. The van der Waals surface area contributed by atoms with Crippen molar-refractivity contribution < 1.29 is 18.3 Å². The molecule has 2 heterocycles. The highest BCUT2D eigenvalue weighted by Gasteiger charge is 2.16. The van der Waals surface area contributed by atoms with Crippen molar-refractivity contribution in [1.82, 2.24) is 20.4 Å². The third kappa shape index (κ3) is 4.86. The van der Waals surface area contributed by atoms with E-state index < -0.39 is 17.5 Å². The molecule has 1 amide bonds. The number of halogens is 2. The summed E-state index contributed by atoms with van der Waals surface area (Å²) >= 11 is 0. The van der Waals surface area contributed by atoms with Crippen molar-refractivity contribution in [1.29, 1.82) is 0 Å². The van der Waals surface area contributed by atoms with Gasteiger partial charge in [-0.1, -0.05) is 0 Å². The molecule has 8 nitrogen and oxygen atoms in total. The second kappa shape index (κ2) is 9.13. The molecule has 0 aliphatic heterocycles. The summed E-state index contributed by atoms with van der Waals surface area (Å²) in [4.78, 5) is 24.4. The molecule has 0 aliphatic rings. The van der Waals surface area contributed by atoms with Crippen LogP contribution in [0.15, 0.2) is 42.6 Å². The van der Waals surface area contributed by atoms with Gasteiger partial charge in [-0.2, -0.15) is 0 Å². The van der Waals surface area contributed by atoms with E-state index in [1.807, 2.05) is 5.43 Å². The number of carbonyl (C=O) groups excluding carboxylic acids is 1. The fourth-order valence-electron chi connectivity index (χ4n) is 2.52. The lowest BCUT2D eigenvalue weighted by Gasteiger charge is -2.10. The molecule has 0 aliphatic carbocycles. The van der Waals surface area contributed by atoms with Gasteiger partial charge < -0.3 is 10.1 Å². The number of hydrogen-bond donors (Lipinski definition) is 3. The summed E-state index contributed by atoms with van der Waals surface area (Å²) in [6.45, 7) is 1.11. The van der Waals surface area contributed by atoms with Gasteiger partial charge in [-0.05, 0) is 36.4 Å². The van der Waals surface area contributed by atoms with Crippen LogP contribution in [0.4, 0.5) is 14.6 Å². The molecule has 0 bridgehead atoms. The Morgan fingerprint density at radius 1 is 1.14 bits per heavy atom. The number of pyridine rings is 1. The summed E-state index contributed by atoms with van der Waals surface area (Å²) in [6, 6.07) is 7.86. The maximum atomic E-state index is 14.2. The van der Waals surface area contributed by atoms with Crippen LogP contribution in [0.1, 0.15) is 10.6 Å². The molecular formula is C19H18F2N6O2. The normalized spacial score (nSPS) is 10.6. The summed E-state index contributed by atoms with van der Waals surface area (Å²) in [5, 5.41) is 3.07. The number of anilines is 1. The number of aromatic nitrogens is 3. The highest BCUT2D eigenvalue weighted by molar-refractivity contribution is 5.91. The smallest absolute Gasteiger partial charge is 0.302 e. The van der Waals surface area contributed by atoms with Crippen molar-refractivity contribution in [2.24, 2.45) is 5.84 Å². The lowest BCUT2D eigenvalue weighted by Crippen LogP contribution is -2.31. The number of hydrogen-bond acceptors (Lipinski definition) is 7. The van der Waals surface area contributed by atoms with Gasteiger partial charge in [-0.3, -0.25) is 10.2 Å². The number of benzene rings is 1. The molecule has 0 fully saturated rings. The highest BCUT2D eigenvalue weighted by Crippen LogP contribution is 2.26. The van der Waals surface area contributed by atoms with Crippen molar-refractivity contribution in [3.05, 3.63) is 60.1 Å². The Morgan fingerprint density at radius 2 is 1.93 bits per heavy atom. The van der Waals surface area contributed by atoms with Crippen LogP contribution in [0.2, 0.25) is 0 Å². The van der Waals surface area contributed by atoms with E-state index >= 15 is 0 Å². The summed E-state index contributed by atoms with van der Waals surface area (Å²) in [5.41, 5.74) is 2.71. The number of nitrogens with one attached hydrogen (secondary N) is 2. The van der Waals surface area contributed by atoms with Gasteiger partial charge >= 0.3 is 5.91 Å². The molecule has 0 saturated carbocycles. The maximum Gasteiger partial charge on any atom is 0.302 e. The van der Waals surface area contributed by atoms with Crippen molar-refractivity contribution in [3.8, 4) is 22.5 Å². The van der Waals surface area contributed by atoms with Crippen LogP contribution in [0.5, 0.6) is 0 Å². The Bertz CT molecular complexity index is 1010. The molecule has 0 unspecified atom stereocenters. The van der Waals surface area contributed by atoms with Crippen LogP contribution in [0.25, 0.3) is 22.5 Å². The molecule has 150 valence electrons. The topological polar surface area (TPSA) is 115 Å². The third-order valence-corrected chi connectivity index (χ3v) is 3.94. The van der Waals surface area contributed by atoms with Crippen LogP contribution >= 0.6 is 0 Å². The number of ether oxygens (including phenoxy) is 1. The molecule has 29 heavy (non-hydrogen) atoms. The van der Waals surface area contributed by atoms with E-state index in [2.05, 4.69) is 20.3 Å². The molecule has 0 spiro atoms. The summed E-state index contributed by atoms with van der Waals surface area (Å²) in [6.07, 6.45) is 1.54. The van der Waals surface area contributed by atoms with Crippen molar-refractivity contribution in [2.75, 3.05) is 25.6 Å². The second-order valence-corrected chi connectivity index (χ2v) is 5.91. The van der Waals surface area contributed by atoms with Crippen molar-refractivity contribution in [3.63, 3.8) is 0 Å². The van der Waals surface area contributed by atoms with Gasteiger partial charge in [0, 0.05) is 31.0 Å². The lowest BCUT2D eigenvalue weighted by molar-refractivity contribution is 0.0943. The van der Waals surface area contributed by atoms with E-state index in [4.69, 9.17) is 10.6 Å². The fourth-order valence-corrected chi connectivity index (χ4v) is 2.52. The number of amides is 1. The minimum Gasteiger partial charge on any atom is -0.383 e. The lowest BCUT2D eigenvalue weighted by atomic mass is 10.1. The van der Waals surface area contributed by atoms with Crippen molar-refractivity contribution >= 4 is 11.7 Å². The first-order chi connectivity index (χ1) is 14.0. The summed E-state index contributed by atoms with van der Waals surface area (Å²) in [7, 11) is 1.60. The Labute approximate surface area is 165 Å². The van der Waals surface area contributed by atoms with E-state index in [9.17, 15) is 13.6 Å². The standard InChI is InChI=1S/C19H18F2N6O2/c1-29-7-6-23-17-5-2-11(10-24-17)15-9-16(26-18(25-15)19(28)27-22)13-8-12(20)3-4-14(13)21/h2-5,8-10H,6-7,22H2,1H3,(H,23,24)(H,27,28). The maximum absolute atomic E-state index is 14.2. The molecule has 3 aromatic rings. The number of nitrogen functional groups attached to an aromatic ring is 1. The minimum absolute atomic E-state index is 0.0351. The van der Waals surface area contributed by atoms with Crippen LogP contribution < -0.4 is 16.6 Å². The Kier molecular flexibility index (Phi) is 6.37. The van der Waals surface area contributed by atoms with Crippen LogP contribution in [0, 0.1) is 11.6 Å². The molecule has 0 saturated heterocycles. The molecule has 10 heteroatoms. The number of nitrogens with zero attached hydrogens (tertiary/aromatic N) is 3.